The summed E-state index contributed by atoms with van der Waals surface area (Å²) in [5.74, 6) is 0. The van der Waals surface area contributed by atoms with Gasteiger partial charge in [-0.1, -0.05) is 60.7 Å². The molecule has 0 aliphatic heterocycles. The molecule has 1 amide bonds. The van der Waals surface area contributed by atoms with E-state index in [-0.39, 0.29) is 13.2 Å². The second kappa shape index (κ2) is 11.8. The molecule has 0 saturated heterocycles. The van der Waals surface area contributed by atoms with Crippen molar-refractivity contribution in [2.75, 3.05) is 19.8 Å². The molecule has 8 heteroatoms. The fourth-order valence-corrected chi connectivity index (χ4v) is 3.06. The summed E-state index contributed by atoms with van der Waals surface area (Å²) >= 11 is 0. The summed E-state index contributed by atoms with van der Waals surface area (Å²) < 4.78 is 11.4. The molecular weight excluding hydrogens is 400 g/mol. The van der Waals surface area contributed by atoms with Gasteiger partial charge in [0.05, 0.1) is 38.0 Å². The summed E-state index contributed by atoms with van der Waals surface area (Å²) in [4.78, 5) is 12.4. The van der Waals surface area contributed by atoms with E-state index in [1.165, 1.54) is 0 Å². The first-order valence-electron chi connectivity index (χ1n) is 10.1. The van der Waals surface area contributed by atoms with Gasteiger partial charge in [0.15, 0.2) is 0 Å². The fourth-order valence-electron chi connectivity index (χ4n) is 3.06. The highest BCUT2D eigenvalue weighted by atomic mass is 16.6. The predicted octanol–water partition coefficient (Wildman–Crippen LogP) is 1.66. The average Bonchev–Trinajstić information content (AvgIpc) is 2.77. The van der Waals surface area contributed by atoms with E-state index in [9.17, 15) is 20.1 Å². The van der Waals surface area contributed by atoms with Crippen molar-refractivity contribution < 1.29 is 29.6 Å². The molecule has 2 aromatic rings. The lowest BCUT2D eigenvalue weighted by Gasteiger charge is -2.31. The second-order valence-corrected chi connectivity index (χ2v) is 7.93. The van der Waals surface area contributed by atoms with E-state index < -0.39 is 42.6 Å². The molecule has 8 nitrogen and oxygen atoms in total. The van der Waals surface area contributed by atoms with Gasteiger partial charge in [0.2, 0.25) is 0 Å². The highest BCUT2D eigenvalue weighted by Crippen LogP contribution is 2.23. The van der Waals surface area contributed by atoms with Gasteiger partial charge in [-0.15, -0.1) is 0 Å². The van der Waals surface area contributed by atoms with Crippen LogP contribution in [0.15, 0.2) is 60.7 Å². The van der Waals surface area contributed by atoms with Crippen LogP contribution in [0.4, 0.5) is 4.79 Å². The zero-order valence-electron chi connectivity index (χ0n) is 17.8. The Hall–Kier alpha value is -2.49. The van der Waals surface area contributed by atoms with Gasteiger partial charge in [-0.05, 0) is 25.0 Å². The van der Waals surface area contributed by atoms with E-state index >= 15 is 0 Å². The van der Waals surface area contributed by atoms with Crippen LogP contribution in [0.5, 0.6) is 0 Å². The van der Waals surface area contributed by atoms with Gasteiger partial charge >= 0.3 is 6.09 Å². The molecule has 0 bridgehead atoms. The largest absolute Gasteiger partial charge is 0.441 e. The topological polar surface area (TPSA) is 134 Å². The Kier molecular flexibility index (Phi) is 9.42. The molecule has 0 radical (unpaired) electrons. The monoisotopic (exact) mass is 432 g/mol. The molecule has 0 heterocycles. The maximum Gasteiger partial charge on any atom is 0.408 e. The zero-order chi connectivity index (χ0) is 22.9. The maximum atomic E-state index is 12.4. The van der Waals surface area contributed by atoms with E-state index in [1.54, 1.807) is 44.2 Å². The molecule has 4 atom stereocenters. The lowest BCUT2D eigenvalue weighted by molar-refractivity contribution is -0.0728. The highest BCUT2D eigenvalue weighted by molar-refractivity contribution is 5.68. The first kappa shape index (κ1) is 24.8. The quantitative estimate of drug-likeness (QED) is 0.364. The Balaban J connectivity index is 1.96. The van der Waals surface area contributed by atoms with Crippen LogP contribution in [0.25, 0.3) is 0 Å². The Bertz CT molecular complexity index is 787. The molecule has 0 spiro atoms. The van der Waals surface area contributed by atoms with Gasteiger partial charge in [0.25, 0.3) is 0 Å². The summed E-state index contributed by atoms with van der Waals surface area (Å²) in [5.41, 5.74) is 6.33. The van der Waals surface area contributed by atoms with E-state index in [2.05, 4.69) is 5.32 Å². The lowest BCUT2D eigenvalue weighted by Crippen LogP contribution is -2.46. The van der Waals surface area contributed by atoms with E-state index in [0.29, 0.717) is 5.56 Å². The van der Waals surface area contributed by atoms with Crippen molar-refractivity contribution in [3.8, 4) is 0 Å². The van der Waals surface area contributed by atoms with Crippen molar-refractivity contribution in [2.24, 2.45) is 5.73 Å². The minimum absolute atomic E-state index is 0.0126. The van der Waals surface area contributed by atoms with Crippen LogP contribution in [-0.4, -0.2) is 58.9 Å². The number of nitrogens with two attached hydrogens (primary N) is 1. The molecule has 31 heavy (non-hydrogen) atoms. The first-order valence-corrected chi connectivity index (χ1v) is 10.1. The van der Waals surface area contributed by atoms with E-state index in [1.807, 2.05) is 30.3 Å². The van der Waals surface area contributed by atoms with Gasteiger partial charge in [0, 0.05) is 0 Å². The normalized spacial score (nSPS) is 15.5. The Morgan fingerprint density at radius 2 is 1.55 bits per heavy atom. The standard InChI is InChI=1S/C23H32N2O6/c1-23(2,15-30-21(18(24)13-26)17-11-7-4-8-12-17)31-22(29)25-19(14-27)20(28)16-9-5-3-6-10-16/h3-12,18-21,26-28H,13-15,24H2,1-2H3,(H,25,29)/t18-,19-,20-,21-/m1/s1. The smallest absolute Gasteiger partial charge is 0.408 e. The van der Waals surface area contributed by atoms with E-state index in [0.717, 1.165) is 5.56 Å². The molecule has 0 unspecified atom stereocenters. The minimum Gasteiger partial charge on any atom is -0.441 e. The lowest BCUT2D eigenvalue weighted by atomic mass is 10.0. The van der Waals surface area contributed by atoms with Crippen molar-refractivity contribution in [1.82, 2.24) is 5.32 Å². The highest BCUT2D eigenvalue weighted by Gasteiger charge is 2.30. The average molecular weight is 433 g/mol. The van der Waals surface area contributed by atoms with Crippen molar-refractivity contribution in [3.63, 3.8) is 0 Å². The number of alkyl carbamates (subject to hydrolysis) is 1. The van der Waals surface area contributed by atoms with Crippen LogP contribution >= 0.6 is 0 Å². The summed E-state index contributed by atoms with van der Waals surface area (Å²) in [6.45, 7) is 2.61. The third kappa shape index (κ3) is 7.61. The number of carbonyl (C=O) groups is 1. The molecule has 170 valence electrons. The summed E-state index contributed by atoms with van der Waals surface area (Å²) in [6, 6.07) is 16.4. The van der Waals surface area contributed by atoms with Crippen LogP contribution in [0.2, 0.25) is 0 Å². The number of nitrogens with one attached hydrogen (secondary N) is 1. The Labute approximate surface area is 182 Å². The summed E-state index contributed by atoms with van der Waals surface area (Å²) in [7, 11) is 0. The van der Waals surface area contributed by atoms with Crippen LogP contribution in [0.1, 0.15) is 37.2 Å². The third-order valence-corrected chi connectivity index (χ3v) is 4.73. The molecule has 6 N–H and O–H groups in total. The number of aliphatic hydroxyl groups excluding tert-OH is 3. The van der Waals surface area contributed by atoms with Crippen molar-refractivity contribution in [1.29, 1.82) is 0 Å². The molecule has 0 aromatic heterocycles. The van der Waals surface area contributed by atoms with Crippen LogP contribution < -0.4 is 11.1 Å². The molecule has 2 aromatic carbocycles. The number of hydrogen-bond acceptors (Lipinski definition) is 7. The molecule has 0 aliphatic carbocycles. The van der Waals surface area contributed by atoms with Crippen LogP contribution in [0, 0.1) is 0 Å². The number of carbonyl (C=O) groups excluding carboxylic acids is 1. The zero-order valence-corrected chi connectivity index (χ0v) is 17.8. The summed E-state index contributed by atoms with van der Waals surface area (Å²) in [5, 5.41) is 32.0. The number of rotatable bonds is 11. The number of aliphatic hydroxyl groups is 3. The fraction of sp³-hybridized carbons (Fsp3) is 0.435. The molecular formula is C23H32N2O6. The van der Waals surface area contributed by atoms with Gasteiger partial charge in [-0.2, -0.15) is 0 Å². The Morgan fingerprint density at radius 1 is 1.00 bits per heavy atom. The van der Waals surface area contributed by atoms with Crippen molar-refractivity contribution in [2.45, 2.75) is 43.7 Å². The van der Waals surface area contributed by atoms with Crippen molar-refractivity contribution in [3.05, 3.63) is 71.8 Å². The van der Waals surface area contributed by atoms with Crippen LogP contribution in [0.3, 0.4) is 0 Å². The van der Waals surface area contributed by atoms with E-state index in [4.69, 9.17) is 15.2 Å². The van der Waals surface area contributed by atoms with Gasteiger partial charge in [-0.25, -0.2) is 4.79 Å². The van der Waals surface area contributed by atoms with Gasteiger partial charge in [0.1, 0.15) is 11.7 Å². The van der Waals surface area contributed by atoms with Crippen molar-refractivity contribution >= 4 is 6.09 Å². The molecule has 0 aliphatic rings. The SMILES string of the molecule is CC(C)(CO[C@H](c1ccccc1)[C@H](N)CO)OC(=O)N[C@H](CO)[C@H](O)c1ccccc1. The number of benzene rings is 2. The molecule has 0 fully saturated rings. The van der Waals surface area contributed by atoms with Gasteiger partial charge < -0.3 is 35.8 Å². The molecule has 0 saturated carbocycles. The number of ether oxygens (including phenoxy) is 2. The van der Waals surface area contributed by atoms with Gasteiger partial charge in [-0.3, -0.25) is 0 Å². The first-order chi connectivity index (χ1) is 14.8. The maximum absolute atomic E-state index is 12.4. The second-order valence-electron chi connectivity index (χ2n) is 7.93. The number of amides is 1. The van der Waals surface area contributed by atoms with Crippen LogP contribution in [-0.2, 0) is 9.47 Å². The minimum atomic E-state index is -1.09. The Morgan fingerprint density at radius 3 is 2.06 bits per heavy atom. The molecule has 2 rings (SSSR count). The summed E-state index contributed by atoms with van der Waals surface area (Å²) in [6.07, 6.45) is -2.48. The predicted molar refractivity (Wildman–Crippen MR) is 116 cm³/mol. The number of hydrogen-bond donors (Lipinski definition) is 5. The third-order valence-electron chi connectivity index (χ3n) is 4.73.